The van der Waals surface area contributed by atoms with Crippen molar-refractivity contribution < 1.29 is 58.8 Å². The molecule has 4 aromatic rings. The first-order valence-electron chi connectivity index (χ1n) is 26.8. The Bertz CT molecular complexity index is 2540. The summed E-state index contributed by atoms with van der Waals surface area (Å²) in [6.07, 6.45) is 14.9. The van der Waals surface area contributed by atoms with Gasteiger partial charge in [-0.3, -0.25) is 81.8 Å². The van der Waals surface area contributed by atoms with E-state index in [9.17, 15) is 58.8 Å². The second kappa shape index (κ2) is 34.4. The summed E-state index contributed by atoms with van der Waals surface area (Å²) in [6.45, 7) is 7.50. The van der Waals surface area contributed by atoms with Crippen molar-refractivity contribution in [2.45, 2.75) is 147 Å². The fraction of sp³-hybridized carbons (Fsp3) is 0.439. The van der Waals surface area contributed by atoms with Gasteiger partial charge in [-0.2, -0.15) is 0 Å². The van der Waals surface area contributed by atoms with E-state index < -0.39 is 57.8 Å². The number of aryl methyl sites for hydroxylation is 2. The van der Waals surface area contributed by atoms with Gasteiger partial charge in [-0.15, -0.1) is 23.5 Å². The third kappa shape index (κ3) is 22.8. The number of nitrogens with one attached hydrogen (secondary N) is 8. The summed E-state index contributed by atoms with van der Waals surface area (Å²) in [5.41, 5.74) is 21.0. The van der Waals surface area contributed by atoms with Crippen LogP contribution in [-0.2, 0) is 38.4 Å². The Labute approximate surface area is 470 Å². The largest absolute Gasteiger partial charge is 0.507 e. The van der Waals surface area contributed by atoms with Gasteiger partial charge in [0.05, 0.1) is 32.8 Å². The molecule has 22 heteroatoms. The highest BCUT2D eigenvalue weighted by atomic mass is 32.2. The van der Waals surface area contributed by atoms with E-state index >= 15 is 0 Å². The lowest BCUT2D eigenvalue weighted by molar-refractivity contribution is -0.122. The van der Waals surface area contributed by atoms with Gasteiger partial charge in [0.2, 0.25) is 11.8 Å². The molecule has 8 amide bonds. The molecule has 0 saturated carbocycles. The number of phenols is 4. The SMILES string of the molecule is CCCCCCCCc1ccc(O)c(C(=O)NNC(=O)C(C)SCCC(=O)NNC(=O)c2cc(Cc3ccc(O)c(C(=O)NNC(=O)CCSC(C)C(=O)NNC(=O)c4cc(CCCCCCCC)ccc4O)c3)ccc2O)c1. The monoisotopic (exact) mass is 1130 g/mol. The summed E-state index contributed by atoms with van der Waals surface area (Å²) < 4.78 is 0. The van der Waals surface area contributed by atoms with Crippen LogP contribution < -0.4 is 43.4 Å². The first kappa shape index (κ1) is 64.1. The molecule has 0 radical (unpaired) electrons. The Morgan fingerprint density at radius 1 is 0.392 bits per heavy atom. The number of benzene rings is 4. The molecule has 2 atom stereocenters. The number of hydrogen-bond acceptors (Lipinski definition) is 14. The van der Waals surface area contributed by atoms with Crippen LogP contribution in [0.2, 0.25) is 0 Å². The highest BCUT2D eigenvalue weighted by Crippen LogP contribution is 2.25. The van der Waals surface area contributed by atoms with Crippen LogP contribution in [0.1, 0.15) is 181 Å². The Morgan fingerprint density at radius 2 is 0.684 bits per heavy atom. The number of aromatic hydroxyl groups is 4. The van der Waals surface area contributed by atoms with Crippen LogP contribution in [0.3, 0.4) is 0 Å². The van der Waals surface area contributed by atoms with E-state index in [1.54, 1.807) is 38.1 Å². The molecule has 20 nitrogen and oxygen atoms in total. The van der Waals surface area contributed by atoms with Gasteiger partial charge in [-0.1, -0.05) is 102 Å². The van der Waals surface area contributed by atoms with E-state index in [1.165, 1.54) is 87.1 Å². The van der Waals surface area contributed by atoms with Crippen molar-refractivity contribution in [3.63, 3.8) is 0 Å². The first-order chi connectivity index (χ1) is 37.9. The summed E-state index contributed by atoms with van der Waals surface area (Å²) >= 11 is 2.24. The number of unbranched alkanes of at least 4 members (excludes halogenated alkanes) is 10. The van der Waals surface area contributed by atoms with Gasteiger partial charge in [0, 0.05) is 24.3 Å². The number of rotatable bonds is 30. The van der Waals surface area contributed by atoms with Crippen molar-refractivity contribution in [1.82, 2.24) is 43.4 Å². The standard InChI is InChI=1S/C57H76N8O12S2/c1-5-7-9-11-13-15-17-38-19-23-46(66)42(32-38)56(76)64-60-52(72)36(3)78-29-27-50(70)58-62-54(74)44-34-40(21-25-48(44)68)31-41-22-26-49(69)45(35-41)55(75)63-59-51(71)28-30-79-37(4)53(73)61-65-57(77)43-33-39(20-24-47(43)67)18-16-14-12-10-8-6-2/h19-26,32-37,66-69H,5-18,27-31H2,1-4H3,(H,58,70)(H,59,71)(H,60,72)(H,61,73)(H,62,74)(H,63,75)(H,64,76)(H,65,77). The second-order valence-electron chi connectivity index (χ2n) is 19.0. The molecule has 12 N–H and O–H groups in total. The molecule has 0 heterocycles. The summed E-state index contributed by atoms with van der Waals surface area (Å²) in [5, 5.41) is 40.2. The van der Waals surface area contributed by atoms with Crippen molar-refractivity contribution in [3.05, 3.63) is 117 Å². The minimum Gasteiger partial charge on any atom is -0.507 e. The quantitative estimate of drug-likeness (QED) is 0.0179. The van der Waals surface area contributed by atoms with Crippen LogP contribution in [-0.4, -0.2) is 89.7 Å². The molecular weight excluding hydrogens is 1050 g/mol. The molecule has 0 aliphatic rings. The zero-order valence-corrected chi connectivity index (χ0v) is 47.0. The molecule has 0 aromatic heterocycles. The molecule has 428 valence electrons. The molecule has 2 unspecified atom stereocenters. The molecular formula is C57H76N8O12S2. The lowest BCUT2D eigenvalue weighted by Crippen LogP contribution is -2.45. The number of hydrazine groups is 4. The maximum absolute atomic E-state index is 13.1. The van der Waals surface area contributed by atoms with E-state index in [-0.39, 0.29) is 76.0 Å². The fourth-order valence-electron chi connectivity index (χ4n) is 7.94. The number of amides is 8. The first-order valence-corrected chi connectivity index (χ1v) is 28.9. The van der Waals surface area contributed by atoms with E-state index in [4.69, 9.17) is 0 Å². The van der Waals surface area contributed by atoms with Gasteiger partial charge < -0.3 is 20.4 Å². The number of carbonyl (C=O) groups is 8. The summed E-state index contributed by atoms with van der Waals surface area (Å²) in [4.78, 5) is 102. The molecule has 0 bridgehead atoms. The second-order valence-corrected chi connectivity index (χ2v) is 21.9. The van der Waals surface area contributed by atoms with E-state index in [0.717, 1.165) is 86.0 Å². The van der Waals surface area contributed by atoms with Gasteiger partial charge in [0.25, 0.3) is 35.4 Å². The Morgan fingerprint density at radius 3 is 1.03 bits per heavy atom. The van der Waals surface area contributed by atoms with Crippen LogP contribution in [0.4, 0.5) is 0 Å². The molecule has 79 heavy (non-hydrogen) atoms. The van der Waals surface area contributed by atoms with Crippen molar-refractivity contribution in [3.8, 4) is 23.0 Å². The normalized spacial score (nSPS) is 11.6. The Kier molecular flexibility index (Phi) is 27.9. The van der Waals surface area contributed by atoms with Gasteiger partial charge in [0.15, 0.2) is 0 Å². The number of thioether (sulfide) groups is 2. The zero-order valence-electron chi connectivity index (χ0n) is 45.4. The smallest absolute Gasteiger partial charge is 0.273 e. The molecule has 4 aromatic carbocycles. The molecule has 0 aliphatic heterocycles. The summed E-state index contributed by atoms with van der Waals surface area (Å²) in [7, 11) is 0. The minimum atomic E-state index is -0.832. The Balaban J connectivity index is 1.14. The summed E-state index contributed by atoms with van der Waals surface area (Å²) in [5.74, 6) is -6.12. The Hall–Kier alpha value is -7.46. The highest BCUT2D eigenvalue weighted by Gasteiger charge is 2.21. The molecule has 0 aliphatic carbocycles. The number of carbonyl (C=O) groups excluding carboxylic acids is 8. The van der Waals surface area contributed by atoms with Crippen LogP contribution in [0, 0.1) is 0 Å². The van der Waals surface area contributed by atoms with Gasteiger partial charge >= 0.3 is 0 Å². The maximum Gasteiger partial charge on any atom is 0.273 e. The molecule has 4 rings (SSSR count). The topological polar surface area (TPSA) is 314 Å². The lowest BCUT2D eigenvalue weighted by Gasteiger charge is -2.14. The molecule has 0 saturated heterocycles. The summed E-state index contributed by atoms with van der Waals surface area (Å²) in [6, 6.07) is 18.1. The van der Waals surface area contributed by atoms with Crippen molar-refractivity contribution in [1.29, 1.82) is 0 Å². The van der Waals surface area contributed by atoms with Gasteiger partial charge in [-0.25, -0.2) is 0 Å². The van der Waals surface area contributed by atoms with Crippen molar-refractivity contribution in [2.75, 3.05) is 11.5 Å². The van der Waals surface area contributed by atoms with Gasteiger partial charge in [0.1, 0.15) is 23.0 Å². The third-order valence-corrected chi connectivity index (χ3v) is 14.9. The molecule has 0 spiro atoms. The van der Waals surface area contributed by atoms with Crippen molar-refractivity contribution in [2.24, 2.45) is 0 Å². The van der Waals surface area contributed by atoms with Crippen LogP contribution >= 0.6 is 23.5 Å². The van der Waals surface area contributed by atoms with Gasteiger partial charge in [-0.05, 0) is 117 Å². The van der Waals surface area contributed by atoms with E-state index in [2.05, 4.69) is 57.3 Å². The van der Waals surface area contributed by atoms with Crippen molar-refractivity contribution >= 4 is 70.8 Å². The molecule has 0 fully saturated rings. The van der Waals surface area contributed by atoms with E-state index in [1.807, 2.05) is 0 Å². The fourth-order valence-corrected chi connectivity index (χ4v) is 9.68. The van der Waals surface area contributed by atoms with Crippen LogP contribution in [0.15, 0.2) is 72.8 Å². The lowest BCUT2D eigenvalue weighted by atomic mass is 10.00. The van der Waals surface area contributed by atoms with Crippen LogP contribution in [0.25, 0.3) is 0 Å². The van der Waals surface area contributed by atoms with E-state index in [0.29, 0.717) is 11.1 Å². The predicted molar refractivity (Wildman–Crippen MR) is 305 cm³/mol. The number of phenolic OH excluding ortho intramolecular Hbond substituents is 4. The van der Waals surface area contributed by atoms with Crippen LogP contribution in [0.5, 0.6) is 23.0 Å². The predicted octanol–water partition coefficient (Wildman–Crippen LogP) is 7.37. The number of hydrogen-bond donors (Lipinski definition) is 12. The maximum atomic E-state index is 13.1. The average molecular weight is 1130 g/mol. The highest BCUT2D eigenvalue weighted by molar-refractivity contribution is 8.00. The average Bonchev–Trinajstić information content (AvgIpc) is 3.45. The minimum absolute atomic E-state index is 0.0362. The third-order valence-electron chi connectivity index (χ3n) is 12.6. The zero-order chi connectivity index (χ0) is 57.7.